The zero-order chi connectivity index (χ0) is 13.8. The fraction of sp³-hybridized carbons (Fsp3) is 0.286. The van der Waals surface area contributed by atoms with Gasteiger partial charge in [0.15, 0.2) is 0 Å². The maximum Gasteiger partial charge on any atom is 0.234 e. The Morgan fingerprint density at radius 2 is 2.32 bits per heavy atom. The van der Waals surface area contributed by atoms with Gasteiger partial charge < -0.3 is 15.6 Å². The van der Waals surface area contributed by atoms with Crippen LogP contribution in [0.4, 0.5) is 0 Å². The van der Waals surface area contributed by atoms with E-state index in [2.05, 4.69) is 10.3 Å². The molecular formula is C14H18N4O. The lowest BCUT2D eigenvalue weighted by atomic mass is 10.0. The molecule has 2 rings (SSSR count). The molecule has 0 saturated carbocycles. The van der Waals surface area contributed by atoms with Gasteiger partial charge in [0.25, 0.3) is 0 Å². The van der Waals surface area contributed by atoms with Gasteiger partial charge in [0, 0.05) is 19.4 Å². The lowest BCUT2D eigenvalue weighted by molar-refractivity contribution is -0.120. The third-order valence-corrected chi connectivity index (χ3v) is 2.98. The number of hydrogen-bond acceptors (Lipinski definition) is 3. The van der Waals surface area contributed by atoms with E-state index in [-0.39, 0.29) is 18.5 Å². The Bertz CT molecular complexity index is 576. The molecule has 0 saturated heterocycles. The smallest absolute Gasteiger partial charge is 0.234 e. The van der Waals surface area contributed by atoms with Gasteiger partial charge in [-0.3, -0.25) is 4.79 Å². The van der Waals surface area contributed by atoms with Gasteiger partial charge in [-0.1, -0.05) is 29.8 Å². The largest absolute Gasteiger partial charge is 0.341 e. The minimum absolute atomic E-state index is 0.0350. The molecular weight excluding hydrogens is 240 g/mol. The van der Waals surface area contributed by atoms with Crippen LogP contribution in [-0.4, -0.2) is 22.0 Å². The summed E-state index contributed by atoms with van der Waals surface area (Å²) < 4.78 is 1.89. The van der Waals surface area contributed by atoms with E-state index < -0.39 is 0 Å². The first-order chi connectivity index (χ1) is 9.11. The van der Waals surface area contributed by atoms with Crippen molar-refractivity contribution in [3.05, 3.63) is 53.6 Å². The monoisotopic (exact) mass is 258 g/mol. The molecule has 0 aliphatic carbocycles. The van der Waals surface area contributed by atoms with Crippen LogP contribution in [0.2, 0.25) is 0 Å². The summed E-state index contributed by atoms with van der Waals surface area (Å²) in [4.78, 5) is 15.9. The van der Waals surface area contributed by atoms with Crippen LogP contribution < -0.4 is 11.1 Å². The summed E-state index contributed by atoms with van der Waals surface area (Å²) in [6.07, 6.45) is 3.57. The summed E-state index contributed by atoms with van der Waals surface area (Å²) in [5, 5.41) is 2.91. The van der Waals surface area contributed by atoms with Crippen molar-refractivity contribution in [1.29, 1.82) is 0 Å². The summed E-state index contributed by atoms with van der Waals surface area (Å²) >= 11 is 0. The van der Waals surface area contributed by atoms with E-state index in [4.69, 9.17) is 5.73 Å². The van der Waals surface area contributed by atoms with Crippen LogP contribution in [0.25, 0.3) is 0 Å². The number of nitrogens with one attached hydrogen (secondary N) is 1. The summed E-state index contributed by atoms with van der Waals surface area (Å²) in [6, 6.07) is 7.72. The van der Waals surface area contributed by atoms with Crippen molar-refractivity contribution in [2.24, 2.45) is 12.8 Å². The van der Waals surface area contributed by atoms with Crippen molar-refractivity contribution in [3.63, 3.8) is 0 Å². The molecule has 0 aliphatic rings. The predicted molar refractivity (Wildman–Crippen MR) is 73.4 cm³/mol. The first-order valence-electron chi connectivity index (χ1n) is 6.15. The number of nitrogens with zero attached hydrogens (tertiary/aromatic N) is 2. The molecule has 5 nitrogen and oxygen atoms in total. The van der Waals surface area contributed by atoms with Crippen molar-refractivity contribution in [3.8, 4) is 0 Å². The quantitative estimate of drug-likeness (QED) is 0.855. The number of aryl methyl sites for hydroxylation is 2. The molecule has 19 heavy (non-hydrogen) atoms. The third-order valence-electron chi connectivity index (χ3n) is 2.98. The number of amides is 1. The summed E-state index contributed by atoms with van der Waals surface area (Å²) in [5.74, 6) is 0.585. The van der Waals surface area contributed by atoms with E-state index in [1.807, 2.05) is 49.0 Å². The Labute approximate surface area is 112 Å². The Morgan fingerprint density at radius 1 is 1.53 bits per heavy atom. The number of carbonyl (C=O) groups is 1. The number of rotatable bonds is 4. The minimum Gasteiger partial charge on any atom is -0.341 e. The van der Waals surface area contributed by atoms with E-state index in [0.29, 0.717) is 0 Å². The standard InChI is InChI=1S/C14H18N4O/c1-10-4-3-5-11(8-10)13(17-12(19)9-15)14-16-6-7-18(14)2/h3-8,13H,9,15H2,1-2H3,(H,17,19). The first kappa shape index (κ1) is 13.3. The average molecular weight is 258 g/mol. The highest BCUT2D eigenvalue weighted by Gasteiger charge is 2.20. The molecule has 1 unspecified atom stereocenters. The van der Waals surface area contributed by atoms with Gasteiger partial charge >= 0.3 is 0 Å². The third kappa shape index (κ3) is 3.00. The van der Waals surface area contributed by atoms with Crippen molar-refractivity contribution >= 4 is 5.91 Å². The fourth-order valence-electron chi connectivity index (χ4n) is 2.02. The molecule has 5 heteroatoms. The van der Waals surface area contributed by atoms with Crippen LogP contribution in [0.1, 0.15) is 23.0 Å². The van der Waals surface area contributed by atoms with Gasteiger partial charge in [-0.25, -0.2) is 4.98 Å². The summed E-state index contributed by atoms with van der Waals surface area (Å²) in [7, 11) is 1.90. The summed E-state index contributed by atoms with van der Waals surface area (Å²) in [6.45, 7) is 1.98. The molecule has 0 bridgehead atoms. The molecule has 1 atom stereocenters. The Morgan fingerprint density at radius 3 is 2.89 bits per heavy atom. The highest BCUT2D eigenvalue weighted by atomic mass is 16.1. The number of carbonyl (C=O) groups excluding carboxylic acids is 1. The van der Waals surface area contributed by atoms with E-state index >= 15 is 0 Å². The van der Waals surface area contributed by atoms with Gasteiger partial charge in [0.05, 0.1) is 6.54 Å². The van der Waals surface area contributed by atoms with Crippen molar-refractivity contribution in [2.45, 2.75) is 13.0 Å². The van der Waals surface area contributed by atoms with E-state index in [1.54, 1.807) is 6.20 Å². The van der Waals surface area contributed by atoms with Gasteiger partial charge in [-0.2, -0.15) is 0 Å². The maximum absolute atomic E-state index is 11.6. The molecule has 2 aromatic rings. The van der Waals surface area contributed by atoms with Gasteiger partial charge in [-0.15, -0.1) is 0 Å². The molecule has 1 amide bonds. The van der Waals surface area contributed by atoms with Crippen LogP contribution >= 0.6 is 0 Å². The van der Waals surface area contributed by atoms with Crippen LogP contribution in [0, 0.1) is 6.92 Å². The number of hydrogen-bond donors (Lipinski definition) is 2. The topological polar surface area (TPSA) is 72.9 Å². The van der Waals surface area contributed by atoms with Crippen molar-refractivity contribution in [2.75, 3.05) is 6.54 Å². The number of benzene rings is 1. The molecule has 0 spiro atoms. The number of imidazole rings is 1. The lowest BCUT2D eigenvalue weighted by Gasteiger charge is -2.19. The lowest BCUT2D eigenvalue weighted by Crippen LogP contribution is -2.35. The molecule has 1 aromatic carbocycles. The van der Waals surface area contributed by atoms with E-state index in [0.717, 1.165) is 17.0 Å². The second kappa shape index (κ2) is 5.67. The second-order valence-electron chi connectivity index (χ2n) is 4.52. The van der Waals surface area contributed by atoms with E-state index in [1.165, 1.54) is 0 Å². The highest BCUT2D eigenvalue weighted by molar-refractivity contribution is 5.78. The van der Waals surface area contributed by atoms with Gasteiger partial charge in [-0.05, 0) is 12.5 Å². The van der Waals surface area contributed by atoms with Gasteiger partial charge in [0.1, 0.15) is 11.9 Å². The van der Waals surface area contributed by atoms with Crippen LogP contribution in [0.5, 0.6) is 0 Å². The molecule has 0 radical (unpaired) electrons. The van der Waals surface area contributed by atoms with Gasteiger partial charge in [0.2, 0.25) is 5.91 Å². The van der Waals surface area contributed by atoms with Crippen LogP contribution in [0.3, 0.4) is 0 Å². The number of nitrogens with two attached hydrogens (primary N) is 1. The van der Waals surface area contributed by atoms with Crippen LogP contribution in [-0.2, 0) is 11.8 Å². The Hall–Kier alpha value is -2.14. The number of aromatic nitrogens is 2. The normalized spacial score (nSPS) is 12.2. The fourth-order valence-corrected chi connectivity index (χ4v) is 2.02. The second-order valence-corrected chi connectivity index (χ2v) is 4.52. The SMILES string of the molecule is Cc1cccc(C(NC(=O)CN)c2nccn2C)c1. The predicted octanol–water partition coefficient (Wildman–Crippen LogP) is 0.893. The van der Waals surface area contributed by atoms with Crippen molar-refractivity contribution in [1.82, 2.24) is 14.9 Å². The highest BCUT2D eigenvalue weighted by Crippen LogP contribution is 2.21. The molecule has 0 fully saturated rings. The van der Waals surface area contributed by atoms with Crippen LogP contribution in [0.15, 0.2) is 36.7 Å². The maximum atomic E-state index is 11.6. The molecule has 1 heterocycles. The molecule has 1 aromatic heterocycles. The zero-order valence-corrected chi connectivity index (χ0v) is 11.1. The first-order valence-corrected chi connectivity index (χ1v) is 6.15. The summed E-state index contributed by atoms with van der Waals surface area (Å²) in [5.41, 5.74) is 7.51. The molecule has 100 valence electrons. The Balaban J connectivity index is 2.40. The Kier molecular flexibility index (Phi) is 3.97. The molecule has 0 aliphatic heterocycles. The zero-order valence-electron chi connectivity index (χ0n) is 11.1. The van der Waals surface area contributed by atoms with Crippen molar-refractivity contribution < 1.29 is 4.79 Å². The molecule has 3 N–H and O–H groups in total. The average Bonchev–Trinajstić information content (AvgIpc) is 2.81. The minimum atomic E-state index is -0.282. The van der Waals surface area contributed by atoms with E-state index in [9.17, 15) is 4.79 Å².